The predicted octanol–water partition coefficient (Wildman–Crippen LogP) is 3.72. The third kappa shape index (κ3) is 2.25. The molecule has 0 unspecified atom stereocenters. The molecule has 0 radical (unpaired) electrons. The molecule has 2 aromatic carbocycles. The molecule has 0 aromatic heterocycles. The van der Waals surface area contributed by atoms with Crippen molar-refractivity contribution >= 4 is 17.7 Å². The van der Waals surface area contributed by atoms with Crippen molar-refractivity contribution in [3.8, 4) is 5.75 Å². The Bertz CT molecular complexity index is 887. The van der Waals surface area contributed by atoms with Crippen LogP contribution in [0, 0.1) is 0 Å². The van der Waals surface area contributed by atoms with Crippen molar-refractivity contribution in [1.29, 1.82) is 0 Å². The van der Waals surface area contributed by atoms with Crippen molar-refractivity contribution in [2.45, 2.75) is 31.3 Å². The van der Waals surface area contributed by atoms with Crippen molar-refractivity contribution < 1.29 is 9.53 Å². The standard InChI is InChI=1S/C22H24N2O2/c1-21(2)17-9-5-6-10-18(17)24-15-13-20(25)23-22(21,24)14-12-16-8-4-7-11-19(16)26-3/h4-12,14H,13,15H2,1-3H3,(H,23,25)/t22-/m0/s1. The number of fused-ring (bicyclic) bond motifs is 3. The minimum Gasteiger partial charge on any atom is -0.496 e. The van der Waals surface area contributed by atoms with E-state index in [0.717, 1.165) is 11.3 Å². The largest absolute Gasteiger partial charge is 0.496 e. The minimum absolute atomic E-state index is 0.0896. The lowest BCUT2D eigenvalue weighted by molar-refractivity contribution is -0.124. The van der Waals surface area contributed by atoms with E-state index >= 15 is 0 Å². The van der Waals surface area contributed by atoms with E-state index in [4.69, 9.17) is 4.74 Å². The fourth-order valence-corrected chi connectivity index (χ4v) is 4.33. The third-order valence-electron chi connectivity index (χ3n) is 5.78. The van der Waals surface area contributed by atoms with Crippen LogP contribution in [-0.4, -0.2) is 25.2 Å². The number of carbonyl (C=O) groups is 1. The van der Waals surface area contributed by atoms with E-state index in [1.807, 2.05) is 24.3 Å². The molecule has 2 aliphatic rings. The summed E-state index contributed by atoms with van der Waals surface area (Å²) in [7, 11) is 1.68. The predicted molar refractivity (Wildman–Crippen MR) is 104 cm³/mol. The summed E-state index contributed by atoms with van der Waals surface area (Å²) in [6.45, 7) is 5.11. The molecular formula is C22H24N2O2. The number of hydrogen-bond donors (Lipinski definition) is 1. The smallest absolute Gasteiger partial charge is 0.223 e. The van der Waals surface area contributed by atoms with Gasteiger partial charge in [-0.25, -0.2) is 0 Å². The van der Waals surface area contributed by atoms with Crippen LogP contribution in [0.2, 0.25) is 0 Å². The second kappa shape index (κ2) is 5.90. The minimum atomic E-state index is -0.590. The number of amides is 1. The molecule has 2 aliphatic heterocycles. The van der Waals surface area contributed by atoms with Gasteiger partial charge in [0.05, 0.1) is 7.11 Å². The highest BCUT2D eigenvalue weighted by Crippen LogP contribution is 2.52. The molecule has 26 heavy (non-hydrogen) atoms. The average molecular weight is 348 g/mol. The van der Waals surface area contributed by atoms with Gasteiger partial charge in [0.15, 0.2) is 0 Å². The van der Waals surface area contributed by atoms with Crippen LogP contribution in [0.25, 0.3) is 6.08 Å². The van der Waals surface area contributed by atoms with Gasteiger partial charge < -0.3 is 15.0 Å². The Hall–Kier alpha value is -2.75. The molecule has 2 heterocycles. The van der Waals surface area contributed by atoms with Crippen LogP contribution in [0.4, 0.5) is 5.69 Å². The van der Waals surface area contributed by atoms with Crippen molar-refractivity contribution in [3.05, 3.63) is 65.7 Å². The van der Waals surface area contributed by atoms with Crippen LogP contribution in [0.5, 0.6) is 5.75 Å². The molecule has 1 fully saturated rings. The SMILES string of the molecule is COc1ccccc1C=C[C@]12NC(=O)CCN1c1ccccc1C2(C)C. The number of para-hydroxylation sites is 2. The quantitative estimate of drug-likeness (QED) is 0.919. The van der Waals surface area contributed by atoms with E-state index in [9.17, 15) is 4.79 Å². The summed E-state index contributed by atoms with van der Waals surface area (Å²) < 4.78 is 5.48. The number of nitrogens with one attached hydrogen (secondary N) is 1. The molecule has 1 amide bonds. The third-order valence-corrected chi connectivity index (χ3v) is 5.78. The number of rotatable bonds is 3. The molecule has 4 heteroatoms. The molecule has 0 spiro atoms. The van der Waals surface area contributed by atoms with E-state index < -0.39 is 5.66 Å². The molecule has 4 nitrogen and oxygen atoms in total. The summed E-state index contributed by atoms with van der Waals surface area (Å²) in [4.78, 5) is 14.7. The Morgan fingerprint density at radius 1 is 1.12 bits per heavy atom. The molecule has 0 saturated carbocycles. The monoisotopic (exact) mass is 348 g/mol. The summed E-state index contributed by atoms with van der Waals surface area (Å²) in [6.07, 6.45) is 4.70. The zero-order chi connectivity index (χ0) is 18.4. The van der Waals surface area contributed by atoms with Crippen LogP contribution < -0.4 is 15.0 Å². The molecule has 134 valence electrons. The number of anilines is 1. The molecule has 0 bridgehead atoms. The number of methoxy groups -OCH3 is 1. The van der Waals surface area contributed by atoms with Gasteiger partial charge in [0, 0.05) is 29.6 Å². The Labute approximate surface area is 154 Å². The van der Waals surface area contributed by atoms with Gasteiger partial charge in [0.25, 0.3) is 0 Å². The van der Waals surface area contributed by atoms with Crippen molar-refractivity contribution in [2.24, 2.45) is 0 Å². The molecule has 2 aromatic rings. The number of nitrogens with zero attached hydrogens (tertiary/aromatic N) is 1. The summed E-state index contributed by atoms with van der Waals surface area (Å²) in [5.74, 6) is 0.911. The first kappa shape index (κ1) is 16.7. The van der Waals surface area contributed by atoms with Gasteiger partial charge in [-0.1, -0.05) is 56.3 Å². The number of hydrogen-bond acceptors (Lipinski definition) is 3. The number of carbonyl (C=O) groups excluding carboxylic acids is 1. The zero-order valence-corrected chi connectivity index (χ0v) is 15.5. The Morgan fingerprint density at radius 3 is 2.65 bits per heavy atom. The first-order chi connectivity index (χ1) is 12.5. The average Bonchev–Trinajstić information content (AvgIpc) is 2.85. The van der Waals surface area contributed by atoms with Crippen molar-refractivity contribution in [3.63, 3.8) is 0 Å². The van der Waals surface area contributed by atoms with Crippen LogP contribution in [-0.2, 0) is 10.2 Å². The molecule has 1 N–H and O–H groups in total. The van der Waals surface area contributed by atoms with Crippen molar-refractivity contribution in [1.82, 2.24) is 5.32 Å². The fourth-order valence-electron chi connectivity index (χ4n) is 4.33. The highest BCUT2D eigenvalue weighted by molar-refractivity contribution is 5.84. The van der Waals surface area contributed by atoms with Gasteiger partial charge in [-0.3, -0.25) is 4.79 Å². The maximum atomic E-state index is 12.4. The zero-order valence-electron chi connectivity index (χ0n) is 15.5. The molecule has 0 aliphatic carbocycles. The van der Waals surface area contributed by atoms with Gasteiger partial charge in [-0.15, -0.1) is 0 Å². The van der Waals surface area contributed by atoms with E-state index in [0.29, 0.717) is 13.0 Å². The van der Waals surface area contributed by atoms with Gasteiger partial charge in [0.1, 0.15) is 11.4 Å². The van der Waals surface area contributed by atoms with Crippen LogP contribution in [0.1, 0.15) is 31.4 Å². The van der Waals surface area contributed by atoms with E-state index in [-0.39, 0.29) is 11.3 Å². The lowest BCUT2D eigenvalue weighted by Gasteiger charge is -2.49. The van der Waals surface area contributed by atoms with E-state index in [2.05, 4.69) is 60.5 Å². The summed E-state index contributed by atoms with van der Waals surface area (Å²) in [5, 5.41) is 3.30. The lowest BCUT2D eigenvalue weighted by atomic mass is 9.74. The lowest BCUT2D eigenvalue weighted by Crippen LogP contribution is -2.68. The summed E-state index contributed by atoms with van der Waals surface area (Å²) >= 11 is 0. The van der Waals surface area contributed by atoms with Crippen LogP contribution in [0.3, 0.4) is 0 Å². The van der Waals surface area contributed by atoms with Gasteiger partial charge in [-0.05, 0) is 23.8 Å². The molecular weight excluding hydrogens is 324 g/mol. The highest BCUT2D eigenvalue weighted by Gasteiger charge is 2.57. The first-order valence-electron chi connectivity index (χ1n) is 9.00. The van der Waals surface area contributed by atoms with Gasteiger partial charge in [-0.2, -0.15) is 0 Å². The first-order valence-corrected chi connectivity index (χ1v) is 9.00. The fraction of sp³-hybridized carbons (Fsp3) is 0.318. The van der Waals surface area contributed by atoms with Gasteiger partial charge in [0.2, 0.25) is 5.91 Å². The summed E-state index contributed by atoms with van der Waals surface area (Å²) in [5.41, 5.74) is 2.59. The maximum Gasteiger partial charge on any atom is 0.223 e. The Balaban J connectivity index is 1.85. The van der Waals surface area contributed by atoms with Crippen LogP contribution in [0.15, 0.2) is 54.6 Å². The second-order valence-electron chi connectivity index (χ2n) is 7.43. The molecule has 1 saturated heterocycles. The van der Waals surface area contributed by atoms with Crippen LogP contribution >= 0.6 is 0 Å². The highest BCUT2D eigenvalue weighted by atomic mass is 16.5. The Morgan fingerprint density at radius 2 is 1.85 bits per heavy atom. The Kier molecular flexibility index (Phi) is 3.79. The number of ether oxygens (including phenoxy) is 1. The second-order valence-corrected chi connectivity index (χ2v) is 7.43. The number of benzene rings is 2. The molecule has 1 atom stereocenters. The molecule has 4 rings (SSSR count). The van der Waals surface area contributed by atoms with Gasteiger partial charge >= 0.3 is 0 Å². The topological polar surface area (TPSA) is 41.6 Å². The van der Waals surface area contributed by atoms with E-state index in [1.165, 1.54) is 11.3 Å². The normalized spacial score (nSPS) is 23.5. The van der Waals surface area contributed by atoms with E-state index in [1.54, 1.807) is 7.11 Å². The van der Waals surface area contributed by atoms with Crippen molar-refractivity contribution in [2.75, 3.05) is 18.6 Å². The maximum absolute atomic E-state index is 12.4. The summed E-state index contributed by atoms with van der Waals surface area (Å²) in [6, 6.07) is 16.4.